The minimum Gasteiger partial charge on any atom is -0.380 e. The van der Waals surface area contributed by atoms with Crippen molar-refractivity contribution in [1.82, 2.24) is 15.0 Å². The molecule has 0 saturated carbocycles. The standard InChI is InChI=1S/C22H28N6O4/c1-22(4-9-30-14-22)20(29)27-5-7-28(8-6-27)21-25-19(26-32-21)15-2-3-16(11-23)18(10-15)24-17-12-31-13-17/h2-3,10-11,17,23-24H,4-9,12-14H2,1H3. The van der Waals surface area contributed by atoms with E-state index in [1.807, 2.05) is 34.9 Å². The van der Waals surface area contributed by atoms with Gasteiger partial charge in [-0.2, -0.15) is 4.98 Å². The molecule has 5 rings (SSSR count). The fraction of sp³-hybridized carbons (Fsp3) is 0.545. The average Bonchev–Trinajstić information content (AvgIpc) is 3.46. The van der Waals surface area contributed by atoms with Crippen LogP contribution >= 0.6 is 0 Å². The monoisotopic (exact) mass is 440 g/mol. The second-order valence-electron chi connectivity index (χ2n) is 8.87. The van der Waals surface area contributed by atoms with Gasteiger partial charge in [-0.1, -0.05) is 17.3 Å². The Hall–Kier alpha value is -2.98. The molecule has 1 aromatic heterocycles. The molecule has 2 N–H and O–H groups in total. The topological polar surface area (TPSA) is 117 Å². The van der Waals surface area contributed by atoms with E-state index in [9.17, 15) is 4.79 Å². The van der Waals surface area contributed by atoms with Gasteiger partial charge in [-0.15, -0.1) is 0 Å². The first-order chi connectivity index (χ1) is 15.6. The minimum atomic E-state index is -0.403. The largest absolute Gasteiger partial charge is 0.380 e. The molecular formula is C22H28N6O4. The van der Waals surface area contributed by atoms with Gasteiger partial charge in [0, 0.05) is 55.8 Å². The number of nitrogens with one attached hydrogen (secondary N) is 2. The Kier molecular flexibility index (Phi) is 5.56. The van der Waals surface area contributed by atoms with E-state index in [4.69, 9.17) is 19.4 Å². The zero-order valence-corrected chi connectivity index (χ0v) is 18.2. The Morgan fingerprint density at radius 3 is 2.72 bits per heavy atom. The number of carbonyl (C=O) groups is 1. The Morgan fingerprint density at radius 1 is 1.25 bits per heavy atom. The van der Waals surface area contributed by atoms with Crippen molar-refractivity contribution < 1.29 is 18.8 Å². The number of rotatable bonds is 6. The van der Waals surface area contributed by atoms with Crippen molar-refractivity contribution in [3.8, 4) is 11.4 Å². The van der Waals surface area contributed by atoms with E-state index in [2.05, 4.69) is 15.5 Å². The van der Waals surface area contributed by atoms with Crippen LogP contribution in [0.1, 0.15) is 18.9 Å². The molecule has 170 valence electrons. The molecule has 10 heteroatoms. The third kappa shape index (κ3) is 3.95. The zero-order valence-electron chi connectivity index (χ0n) is 18.2. The number of ether oxygens (including phenoxy) is 2. The normalized spacial score (nSPS) is 23.8. The summed E-state index contributed by atoms with van der Waals surface area (Å²) in [4.78, 5) is 21.4. The predicted octanol–water partition coefficient (Wildman–Crippen LogP) is 1.62. The average molecular weight is 441 g/mol. The summed E-state index contributed by atoms with van der Waals surface area (Å²) in [7, 11) is 0. The molecule has 10 nitrogen and oxygen atoms in total. The SMILES string of the molecule is CC1(C(=O)N2CCN(c3nc(-c4ccc(C=N)c(NC5COC5)c4)no3)CC2)CCOC1. The molecule has 1 atom stereocenters. The fourth-order valence-corrected chi connectivity index (χ4v) is 4.26. The van der Waals surface area contributed by atoms with Crippen LogP contribution in [0.3, 0.4) is 0 Å². The van der Waals surface area contributed by atoms with Crippen LogP contribution in [0.2, 0.25) is 0 Å². The van der Waals surface area contributed by atoms with Crippen molar-refractivity contribution in [3.63, 3.8) is 0 Å². The molecule has 1 aromatic carbocycles. The van der Waals surface area contributed by atoms with Crippen molar-refractivity contribution in [2.24, 2.45) is 5.41 Å². The lowest BCUT2D eigenvalue weighted by Crippen LogP contribution is -2.53. The first-order valence-corrected chi connectivity index (χ1v) is 11.0. The maximum atomic E-state index is 12.9. The predicted molar refractivity (Wildman–Crippen MR) is 118 cm³/mol. The summed E-state index contributed by atoms with van der Waals surface area (Å²) in [5.41, 5.74) is 2.07. The molecular weight excluding hydrogens is 412 g/mol. The molecule has 0 radical (unpaired) electrons. The van der Waals surface area contributed by atoms with E-state index in [-0.39, 0.29) is 11.9 Å². The summed E-state index contributed by atoms with van der Waals surface area (Å²) >= 11 is 0. The minimum absolute atomic E-state index is 0.170. The Bertz CT molecular complexity index is 990. The van der Waals surface area contributed by atoms with Crippen molar-refractivity contribution in [1.29, 1.82) is 5.41 Å². The van der Waals surface area contributed by atoms with Gasteiger partial charge in [0.15, 0.2) is 0 Å². The van der Waals surface area contributed by atoms with E-state index in [1.54, 1.807) is 0 Å². The molecule has 3 saturated heterocycles. The summed E-state index contributed by atoms with van der Waals surface area (Å²) in [5, 5.41) is 15.2. The summed E-state index contributed by atoms with van der Waals surface area (Å²) in [5.74, 6) is 0.669. The van der Waals surface area contributed by atoms with Gasteiger partial charge >= 0.3 is 6.01 Å². The van der Waals surface area contributed by atoms with Gasteiger partial charge in [0.1, 0.15) is 0 Å². The van der Waals surface area contributed by atoms with Gasteiger partial charge < -0.3 is 34.5 Å². The van der Waals surface area contributed by atoms with Crippen molar-refractivity contribution in [2.45, 2.75) is 19.4 Å². The number of hydrogen-bond donors (Lipinski definition) is 2. The lowest BCUT2D eigenvalue weighted by molar-refractivity contribution is -0.141. The van der Waals surface area contributed by atoms with Crippen LogP contribution in [0.5, 0.6) is 0 Å². The van der Waals surface area contributed by atoms with Gasteiger partial charge in [-0.25, -0.2) is 0 Å². The number of amides is 1. The van der Waals surface area contributed by atoms with Crippen LogP contribution in [-0.2, 0) is 14.3 Å². The highest BCUT2D eigenvalue weighted by Gasteiger charge is 2.41. The van der Waals surface area contributed by atoms with Crippen molar-refractivity contribution in [2.75, 3.05) is 62.8 Å². The Morgan fingerprint density at radius 2 is 2.06 bits per heavy atom. The van der Waals surface area contributed by atoms with Gasteiger partial charge in [0.25, 0.3) is 0 Å². The summed E-state index contributed by atoms with van der Waals surface area (Å²) in [6.07, 6.45) is 2.10. The van der Waals surface area contributed by atoms with Gasteiger partial charge in [0.2, 0.25) is 11.7 Å². The van der Waals surface area contributed by atoms with Crippen LogP contribution in [0.15, 0.2) is 22.7 Å². The molecule has 3 fully saturated rings. The molecule has 3 aliphatic heterocycles. The second kappa shape index (κ2) is 8.51. The van der Waals surface area contributed by atoms with Gasteiger partial charge in [-0.3, -0.25) is 4.79 Å². The van der Waals surface area contributed by atoms with E-state index >= 15 is 0 Å². The van der Waals surface area contributed by atoms with Crippen LogP contribution in [0.25, 0.3) is 11.4 Å². The Balaban J connectivity index is 1.25. The smallest absolute Gasteiger partial charge is 0.324 e. The quantitative estimate of drug-likeness (QED) is 0.651. The molecule has 1 unspecified atom stereocenters. The van der Waals surface area contributed by atoms with Crippen LogP contribution in [0, 0.1) is 10.8 Å². The molecule has 32 heavy (non-hydrogen) atoms. The third-order valence-corrected chi connectivity index (χ3v) is 6.45. The number of aromatic nitrogens is 2. The van der Waals surface area contributed by atoms with Crippen LogP contribution in [0.4, 0.5) is 11.7 Å². The second-order valence-corrected chi connectivity index (χ2v) is 8.87. The molecule has 0 spiro atoms. The molecule has 0 aliphatic carbocycles. The number of anilines is 2. The number of carbonyl (C=O) groups excluding carboxylic acids is 1. The Labute approximate surface area is 186 Å². The van der Waals surface area contributed by atoms with E-state index < -0.39 is 5.41 Å². The number of benzene rings is 1. The lowest BCUT2D eigenvalue weighted by atomic mass is 9.88. The first-order valence-electron chi connectivity index (χ1n) is 11.0. The van der Waals surface area contributed by atoms with Crippen LogP contribution < -0.4 is 10.2 Å². The first kappa shape index (κ1) is 20.9. The van der Waals surface area contributed by atoms with Gasteiger partial charge in [-0.05, 0) is 19.4 Å². The fourth-order valence-electron chi connectivity index (χ4n) is 4.26. The number of piperazine rings is 1. The molecule has 2 aromatic rings. The molecule has 1 amide bonds. The van der Waals surface area contributed by atoms with Crippen LogP contribution in [-0.4, -0.2) is 85.8 Å². The van der Waals surface area contributed by atoms with E-state index in [1.165, 1.54) is 6.21 Å². The zero-order chi connectivity index (χ0) is 22.1. The summed E-state index contributed by atoms with van der Waals surface area (Å²) in [6, 6.07) is 6.41. The third-order valence-electron chi connectivity index (χ3n) is 6.45. The molecule has 4 heterocycles. The van der Waals surface area contributed by atoms with Crippen molar-refractivity contribution >= 4 is 23.8 Å². The molecule has 0 bridgehead atoms. The number of hydrogen-bond acceptors (Lipinski definition) is 9. The highest BCUT2D eigenvalue weighted by molar-refractivity contribution is 5.87. The van der Waals surface area contributed by atoms with Crippen molar-refractivity contribution in [3.05, 3.63) is 23.8 Å². The lowest BCUT2D eigenvalue weighted by Gasteiger charge is -2.37. The summed E-state index contributed by atoms with van der Waals surface area (Å²) < 4.78 is 16.2. The maximum Gasteiger partial charge on any atom is 0.324 e. The number of nitrogens with zero attached hydrogens (tertiary/aromatic N) is 4. The summed E-state index contributed by atoms with van der Waals surface area (Å²) in [6.45, 7) is 7.00. The van der Waals surface area contributed by atoms with Gasteiger partial charge in [0.05, 0.1) is 31.3 Å². The molecule has 3 aliphatic rings. The highest BCUT2D eigenvalue weighted by Crippen LogP contribution is 2.31. The van der Waals surface area contributed by atoms with E-state index in [0.29, 0.717) is 64.4 Å². The van der Waals surface area contributed by atoms with E-state index in [0.717, 1.165) is 23.2 Å². The highest BCUT2D eigenvalue weighted by atomic mass is 16.5. The maximum absolute atomic E-state index is 12.9.